The molecular weight excluding hydrogens is 453 g/mol. The molecule has 0 saturated carbocycles. The Labute approximate surface area is 192 Å². The number of benzene rings is 2. The van der Waals surface area contributed by atoms with E-state index < -0.39 is 33.1 Å². The molecule has 1 amide bonds. The zero-order chi connectivity index (χ0) is 23.9. The quantitative estimate of drug-likeness (QED) is 0.700. The van der Waals surface area contributed by atoms with E-state index in [9.17, 15) is 26.4 Å². The van der Waals surface area contributed by atoms with Gasteiger partial charge in [0.05, 0.1) is 11.3 Å². The van der Waals surface area contributed by atoms with Crippen molar-refractivity contribution in [2.24, 2.45) is 0 Å². The number of rotatable bonds is 5. The van der Waals surface area contributed by atoms with E-state index in [0.29, 0.717) is 38.8 Å². The van der Waals surface area contributed by atoms with Crippen LogP contribution in [0.25, 0.3) is 0 Å². The van der Waals surface area contributed by atoms with Crippen molar-refractivity contribution >= 4 is 15.9 Å². The molecule has 178 valence electrons. The average molecular weight is 481 g/mol. The van der Waals surface area contributed by atoms with Crippen molar-refractivity contribution in [1.82, 2.24) is 9.62 Å². The molecule has 1 heterocycles. The Morgan fingerprint density at radius 3 is 2.48 bits per heavy atom. The highest BCUT2D eigenvalue weighted by atomic mass is 32.2. The Morgan fingerprint density at radius 2 is 1.82 bits per heavy atom. The van der Waals surface area contributed by atoms with E-state index in [4.69, 9.17) is 0 Å². The molecule has 0 bridgehead atoms. The van der Waals surface area contributed by atoms with Gasteiger partial charge in [-0.05, 0) is 55.0 Å². The highest BCUT2D eigenvalue weighted by Crippen LogP contribution is 2.47. The van der Waals surface area contributed by atoms with Crippen molar-refractivity contribution in [2.75, 3.05) is 18.8 Å². The molecule has 1 spiro atoms. The van der Waals surface area contributed by atoms with Crippen LogP contribution in [0, 0.1) is 0 Å². The van der Waals surface area contributed by atoms with Gasteiger partial charge in [-0.25, -0.2) is 12.7 Å². The molecule has 5 nitrogen and oxygen atoms in total. The van der Waals surface area contributed by atoms with E-state index in [0.717, 1.165) is 23.3 Å². The van der Waals surface area contributed by atoms with Gasteiger partial charge in [-0.3, -0.25) is 4.79 Å². The van der Waals surface area contributed by atoms with Crippen LogP contribution in [-0.2, 0) is 28.0 Å². The molecule has 2 aromatic carbocycles. The first-order valence-electron chi connectivity index (χ1n) is 11.1. The number of halogens is 3. The Morgan fingerprint density at radius 1 is 1.12 bits per heavy atom. The molecular formula is C24H27F3N2O3S. The standard InChI is InChI=1S/C24H27F3N2O3S/c1-2-14-33(31,32)29-12-10-23(11-13-29)20-9-4-3-6-17(20)16-21(23)28-22(30)18-7-5-8-19(15-18)24(25,26)27/h3-9,15,21H,2,10-14,16H2,1H3,(H,28,30). The summed E-state index contributed by atoms with van der Waals surface area (Å²) in [4.78, 5) is 13.0. The van der Waals surface area contributed by atoms with Crippen molar-refractivity contribution in [3.05, 3.63) is 70.8 Å². The molecule has 33 heavy (non-hydrogen) atoms. The Balaban J connectivity index is 1.59. The van der Waals surface area contributed by atoms with Gasteiger partial charge in [0.25, 0.3) is 5.91 Å². The van der Waals surface area contributed by atoms with Gasteiger partial charge in [0.15, 0.2) is 0 Å². The second-order valence-corrected chi connectivity index (χ2v) is 10.9. The smallest absolute Gasteiger partial charge is 0.348 e. The molecule has 0 aromatic heterocycles. The summed E-state index contributed by atoms with van der Waals surface area (Å²) in [6.45, 7) is 2.54. The van der Waals surface area contributed by atoms with E-state index in [-0.39, 0.29) is 17.4 Å². The fourth-order valence-corrected chi connectivity index (χ4v) is 6.74. The van der Waals surface area contributed by atoms with Crippen LogP contribution in [0.3, 0.4) is 0 Å². The fraction of sp³-hybridized carbons (Fsp3) is 0.458. The van der Waals surface area contributed by atoms with Crippen molar-refractivity contribution in [1.29, 1.82) is 0 Å². The first-order valence-corrected chi connectivity index (χ1v) is 12.7. The number of sulfonamides is 1. The summed E-state index contributed by atoms with van der Waals surface area (Å²) in [5, 5.41) is 2.99. The lowest BCUT2D eigenvalue weighted by molar-refractivity contribution is -0.137. The zero-order valence-corrected chi connectivity index (χ0v) is 19.2. The first-order chi connectivity index (χ1) is 15.6. The highest BCUT2D eigenvalue weighted by molar-refractivity contribution is 7.89. The van der Waals surface area contributed by atoms with Gasteiger partial charge in [0, 0.05) is 30.1 Å². The third kappa shape index (κ3) is 4.53. The van der Waals surface area contributed by atoms with Gasteiger partial charge in [-0.15, -0.1) is 0 Å². The van der Waals surface area contributed by atoms with E-state index in [1.807, 2.05) is 31.2 Å². The van der Waals surface area contributed by atoms with E-state index in [1.54, 1.807) is 0 Å². The summed E-state index contributed by atoms with van der Waals surface area (Å²) in [5.41, 5.74) is 0.808. The minimum absolute atomic E-state index is 0.0427. The molecule has 0 radical (unpaired) electrons. The van der Waals surface area contributed by atoms with Gasteiger partial charge in [0.2, 0.25) is 10.0 Å². The van der Waals surface area contributed by atoms with Crippen LogP contribution in [0.15, 0.2) is 48.5 Å². The number of nitrogens with one attached hydrogen (secondary N) is 1. The summed E-state index contributed by atoms with van der Waals surface area (Å²) in [6, 6.07) is 11.9. The Kier molecular flexibility index (Phi) is 6.30. The molecule has 1 fully saturated rings. The lowest BCUT2D eigenvalue weighted by Gasteiger charge is -2.43. The molecule has 2 aliphatic rings. The second kappa shape index (κ2) is 8.76. The van der Waals surface area contributed by atoms with Gasteiger partial charge < -0.3 is 5.32 Å². The third-order valence-corrected chi connectivity index (χ3v) is 8.95. The van der Waals surface area contributed by atoms with Crippen LogP contribution >= 0.6 is 0 Å². The van der Waals surface area contributed by atoms with Gasteiger partial charge >= 0.3 is 6.18 Å². The van der Waals surface area contributed by atoms with E-state index in [1.165, 1.54) is 16.4 Å². The monoisotopic (exact) mass is 480 g/mol. The van der Waals surface area contributed by atoms with Crippen molar-refractivity contribution < 1.29 is 26.4 Å². The maximum Gasteiger partial charge on any atom is 0.416 e. The molecule has 1 saturated heterocycles. The summed E-state index contributed by atoms with van der Waals surface area (Å²) in [7, 11) is -3.32. The van der Waals surface area contributed by atoms with Gasteiger partial charge in [-0.2, -0.15) is 13.2 Å². The van der Waals surface area contributed by atoms with Crippen LogP contribution in [0.4, 0.5) is 13.2 Å². The van der Waals surface area contributed by atoms with Crippen LogP contribution in [0.1, 0.15) is 53.2 Å². The second-order valence-electron chi connectivity index (χ2n) is 8.84. The molecule has 4 rings (SSSR count). The van der Waals surface area contributed by atoms with Crippen molar-refractivity contribution in [3.8, 4) is 0 Å². The third-order valence-electron chi connectivity index (χ3n) is 6.87. The highest BCUT2D eigenvalue weighted by Gasteiger charge is 2.50. The number of carbonyl (C=O) groups is 1. The van der Waals surface area contributed by atoms with E-state index >= 15 is 0 Å². The summed E-state index contributed by atoms with van der Waals surface area (Å²) < 4.78 is 65.9. The van der Waals surface area contributed by atoms with Gasteiger partial charge in [-0.1, -0.05) is 37.3 Å². The number of alkyl halides is 3. The maximum atomic E-state index is 13.1. The average Bonchev–Trinajstić information content (AvgIpc) is 3.06. The predicted octanol–water partition coefficient (Wildman–Crippen LogP) is 4.13. The normalized spacial score (nSPS) is 20.5. The number of hydrogen-bond donors (Lipinski definition) is 1. The topological polar surface area (TPSA) is 66.5 Å². The molecule has 1 N–H and O–H groups in total. The molecule has 9 heteroatoms. The Bertz CT molecular complexity index is 1140. The number of fused-ring (bicyclic) bond motifs is 2. The van der Waals surface area contributed by atoms with Crippen molar-refractivity contribution in [3.63, 3.8) is 0 Å². The lowest BCUT2D eigenvalue weighted by atomic mass is 9.71. The molecule has 1 aliphatic carbocycles. The summed E-state index contributed by atoms with van der Waals surface area (Å²) in [5.74, 6) is -0.453. The minimum atomic E-state index is -4.53. The number of nitrogens with zero attached hydrogens (tertiary/aromatic N) is 1. The molecule has 1 aliphatic heterocycles. The Hall–Kier alpha value is -2.39. The number of amides is 1. The number of piperidine rings is 1. The molecule has 1 unspecified atom stereocenters. The first kappa shape index (κ1) is 23.8. The predicted molar refractivity (Wildman–Crippen MR) is 119 cm³/mol. The largest absolute Gasteiger partial charge is 0.416 e. The summed E-state index contributed by atoms with van der Waals surface area (Å²) >= 11 is 0. The van der Waals surface area contributed by atoms with Gasteiger partial charge in [0.1, 0.15) is 0 Å². The molecule has 2 aromatic rings. The van der Waals surface area contributed by atoms with E-state index in [2.05, 4.69) is 5.32 Å². The van der Waals surface area contributed by atoms with Crippen LogP contribution in [-0.4, -0.2) is 43.5 Å². The number of hydrogen-bond acceptors (Lipinski definition) is 3. The molecule has 1 atom stereocenters. The van der Waals surface area contributed by atoms with Crippen LogP contribution < -0.4 is 5.32 Å². The van der Waals surface area contributed by atoms with Crippen LogP contribution in [0.5, 0.6) is 0 Å². The SMILES string of the molecule is CCCS(=O)(=O)N1CCC2(CC1)c1ccccc1CC2NC(=O)c1cccc(C(F)(F)F)c1. The van der Waals surface area contributed by atoms with Crippen LogP contribution in [0.2, 0.25) is 0 Å². The number of carbonyl (C=O) groups excluding carboxylic acids is 1. The fourth-order valence-electron chi connectivity index (χ4n) is 5.22. The zero-order valence-electron chi connectivity index (χ0n) is 18.4. The minimum Gasteiger partial charge on any atom is -0.348 e. The summed E-state index contributed by atoms with van der Waals surface area (Å²) in [6.07, 6.45) is -2.34. The lowest BCUT2D eigenvalue weighted by Crippen LogP contribution is -2.54. The van der Waals surface area contributed by atoms with Crippen molar-refractivity contribution in [2.45, 2.75) is 50.2 Å². The maximum absolute atomic E-state index is 13.1.